The average molecular weight is 368 g/mol. The summed E-state index contributed by atoms with van der Waals surface area (Å²) in [6.07, 6.45) is 6.49. The molecular weight excluding hydrogens is 347 g/mol. The van der Waals surface area contributed by atoms with Gasteiger partial charge in [0.25, 0.3) is 5.91 Å². The third-order valence-electron chi connectivity index (χ3n) is 5.16. The number of aromatic nitrogens is 4. The maximum absolute atomic E-state index is 13.5. The van der Waals surface area contributed by atoms with E-state index in [0.29, 0.717) is 11.1 Å². The fourth-order valence-corrected chi connectivity index (χ4v) is 3.63. The van der Waals surface area contributed by atoms with Crippen molar-refractivity contribution in [1.82, 2.24) is 24.6 Å². The Bertz CT molecular complexity index is 979. The van der Waals surface area contributed by atoms with E-state index in [9.17, 15) is 9.18 Å². The van der Waals surface area contributed by atoms with E-state index in [1.165, 1.54) is 18.5 Å². The molecule has 0 atom stereocenters. The highest BCUT2D eigenvalue weighted by molar-refractivity contribution is 5.94. The summed E-state index contributed by atoms with van der Waals surface area (Å²) < 4.78 is 15.1. The second-order valence-corrected chi connectivity index (χ2v) is 6.90. The van der Waals surface area contributed by atoms with Gasteiger partial charge in [0, 0.05) is 50.9 Å². The Hall–Kier alpha value is -3.03. The van der Waals surface area contributed by atoms with Gasteiger partial charge in [0.2, 0.25) is 0 Å². The fraction of sp³-hybridized carbons (Fsp3) is 0.368. The van der Waals surface area contributed by atoms with Crippen LogP contribution in [-0.2, 0) is 7.05 Å². The van der Waals surface area contributed by atoms with Gasteiger partial charge in [-0.05, 0) is 25.0 Å². The van der Waals surface area contributed by atoms with Crippen molar-refractivity contribution in [3.8, 4) is 0 Å². The molecular formula is C19H21FN6O. The number of anilines is 1. The minimum Gasteiger partial charge on any atom is -0.356 e. The number of rotatable bonds is 3. The van der Waals surface area contributed by atoms with Crippen LogP contribution in [0.1, 0.15) is 23.2 Å². The normalized spacial score (nSPS) is 15.3. The highest BCUT2D eigenvalue weighted by Crippen LogP contribution is 2.27. The predicted octanol–water partition coefficient (Wildman–Crippen LogP) is 2.24. The van der Waals surface area contributed by atoms with Crippen molar-refractivity contribution >= 4 is 22.6 Å². The maximum atomic E-state index is 13.5. The first-order valence-electron chi connectivity index (χ1n) is 8.94. The largest absolute Gasteiger partial charge is 0.356 e. The van der Waals surface area contributed by atoms with Crippen molar-refractivity contribution in [2.75, 3.05) is 25.0 Å². The molecule has 0 unspecified atom stereocenters. The van der Waals surface area contributed by atoms with Crippen LogP contribution < -0.4 is 4.90 Å². The third kappa shape index (κ3) is 3.34. The highest BCUT2D eigenvalue weighted by Gasteiger charge is 2.27. The fourth-order valence-electron chi connectivity index (χ4n) is 3.63. The minimum atomic E-state index is -0.304. The van der Waals surface area contributed by atoms with Gasteiger partial charge in [-0.15, -0.1) is 0 Å². The van der Waals surface area contributed by atoms with E-state index < -0.39 is 0 Å². The summed E-state index contributed by atoms with van der Waals surface area (Å²) in [5, 5.41) is 4.92. The van der Waals surface area contributed by atoms with Crippen LogP contribution >= 0.6 is 0 Å². The van der Waals surface area contributed by atoms with E-state index in [-0.39, 0.29) is 17.8 Å². The summed E-state index contributed by atoms with van der Waals surface area (Å²) in [6.45, 7) is 1.55. The molecule has 0 N–H and O–H groups in total. The number of amides is 1. The molecule has 8 heteroatoms. The zero-order chi connectivity index (χ0) is 19.0. The molecule has 0 aliphatic carbocycles. The molecule has 1 amide bonds. The molecule has 0 radical (unpaired) electrons. The average Bonchev–Trinajstić information content (AvgIpc) is 3.12. The zero-order valence-corrected chi connectivity index (χ0v) is 15.3. The number of carbonyl (C=O) groups excluding carboxylic acids is 1. The molecule has 7 nitrogen and oxygen atoms in total. The third-order valence-corrected chi connectivity index (χ3v) is 5.16. The lowest BCUT2D eigenvalue weighted by atomic mass is 10.0. The van der Waals surface area contributed by atoms with Crippen LogP contribution in [0.4, 0.5) is 10.2 Å². The van der Waals surface area contributed by atoms with Crippen LogP contribution in [0.15, 0.2) is 36.9 Å². The van der Waals surface area contributed by atoms with Gasteiger partial charge < -0.3 is 9.80 Å². The summed E-state index contributed by atoms with van der Waals surface area (Å²) in [7, 11) is 3.64. The van der Waals surface area contributed by atoms with E-state index in [1.54, 1.807) is 30.2 Å². The molecule has 1 aliphatic rings. The number of hydrogen-bond acceptors (Lipinski definition) is 5. The number of carbonyl (C=O) groups is 1. The molecule has 3 heterocycles. The number of hydrogen-bond donors (Lipinski definition) is 0. The minimum absolute atomic E-state index is 0.00971. The van der Waals surface area contributed by atoms with Crippen LogP contribution in [0, 0.1) is 5.82 Å². The smallest absolute Gasteiger partial charge is 0.257 e. The van der Waals surface area contributed by atoms with Crippen LogP contribution in [0.5, 0.6) is 0 Å². The first kappa shape index (κ1) is 17.4. The van der Waals surface area contributed by atoms with E-state index in [1.807, 2.05) is 11.9 Å². The number of aryl methyl sites for hydroxylation is 1. The first-order chi connectivity index (χ1) is 13.0. The lowest BCUT2D eigenvalue weighted by Gasteiger charge is -2.37. The van der Waals surface area contributed by atoms with Crippen molar-refractivity contribution in [2.45, 2.75) is 18.9 Å². The van der Waals surface area contributed by atoms with E-state index in [2.05, 4.69) is 20.0 Å². The molecule has 1 aromatic carbocycles. The quantitative estimate of drug-likeness (QED) is 0.709. The Morgan fingerprint density at radius 3 is 2.74 bits per heavy atom. The number of fused-ring (bicyclic) bond motifs is 1. The molecule has 0 bridgehead atoms. The van der Waals surface area contributed by atoms with Gasteiger partial charge in [0.05, 0.1) is 17.3 Å². The first-order valence-corrected chi connectivity index (χ1v) is 8.94. The molecule has 0 spiro atoms. The lowest BCUT2D eigenvalue weighted by molar-refractivity contribution is 0.0709. The van der Waals surface area contributed by atoms with Gasteiger partial charge in [-0.25, -0.2) is 14.4 Å². The second kappa shape index (κ2) is 6.94. The van der Waals surface area contributed by atoms with Crippen LogP contribution in [0.2, 0.25) is 0 Å². The molecule has 140 valence electrons. The molecule has 1 aliphatic heterocycles. The summed E-state index contributed by atoms with van der Waals surface area (Å²) >= 11 is 0. The Kier molecular flexibility index (Phi) is 4.47. The molecule has 1 fully saturated rings. The lowest BCUT2D eigenvalue weighted by Crippen LogP contribution is -2.45. The van der Waals surface area contributed by atoms with Crippen molar-refractivity contribution in [2.24, 2.45) is 7.05 Å². The van der Waals surface area contributed by atoms with Crippen molar-refractivity contribution in [3.63, 3.8) is 0 Å². The SMILES string of the molecule is CN(C(=O)c1cnn(C)c1)C1CCN(c2ncnc3cc(F)ccc23)CC1. The van der Waals surface area contributed by atoms with Crippen molar-refractivity contribution < 1.29 is 9.18 Å². The Balaban J connectivity index is 1.47. The number of benzene rings is 1. The van der Waals surface area contributed by atoms with Crippen LogP contribution in [0.25, 0.3) is 10.9 Å². The second-order valence-electron chi connectivity index (χ2n) is 6.90. The standard InChI is InChI=1S/C19H21FN6O/c1-24-11-13(10-23-24)19(27)25(2)15-5-7-26(8-6-15)18-16-4-3-14(20)9-17(16)21-12-22-18/h3-4,9-12,15H,5-8H2,1-2H3. The van der Waals surface area contributed by atoms with Crippen LogP contribution in [0.3, 0.4) is 0 Å². The van der Waals surface area contributed by atoms with Gasteiger partial charge in [0.15, 0.2) is 0 Å². The summed E-state index contributed by atoms with van der Waals surface area (Å²) in [5.41, 5.74) is 1.21. The predicted molar refractivity (Wildman–Crippen MR) is 100 cm³/mol. The Labute approximate surface area is 156 Å². The molecule has 27 heavy (non-hydrogen) atoms. The summed E-state index contributed by atoms with van der Waals surface area (Å²) in [5.74, 6) is 0.505. The zero-order valence-electron chi connectivity index (χ0n) is 15.3. The van der Waals surface area contributed by atoms with E-state index in [4.69, 9.17) is 0 Å². The van der Waals surface area contributed by atoms with E-state index in [0.717, 1.165) is 37.1 Å². The molecule has 0 saturated carbocycles. The molecule has 1 saturated heterocycles. The maximum Gasteiger partial charge on any atom is 0.257 e. The number of piperidine rings is 1. The van der Waals surface area contributed by atoms with Gasteiger partial charge in [0.1, 0.15) is 18.0 Å². The van der Waals surface area contributed by atoms with Crippen molar-refractivity contribution in [1.29, 1.82) is 0 Å². The highest BCUT2D eigenvalue weighted by atomic mass is 19.1. The van der Waals surface area contributed by atoms with Crippen LogP contribution in [-0.4, -0.2) is 56.7 Å². The van der Waals surface area contributed by atoms with Gasteiger partial charge >= 0.3 is 0 Å². The molecule has 3 aromatic rings. The Morgan fingerprint density at radius 2 is 2.04 bits per heavy atom. The van der Waals surface area contributed by atoms with Gasteiger partial charge in [-0.3, -0.25) is 9.48 Å². The Morgan fingerprint density at radius 1 is 1.26 bits per heavy atom. The van der Waals surface area contributed by atoms with Crippen molar-refractivity contribution in [3.05, 3.63) is 48.3 Å². The summed E-state index contributed by atoms with van der Waals surface area (Å²) in [6, 6.07) is 4.75. The van der Waals surface area contributed by atoms with E-state index >= 15 is 0 Å². The summed E-state index contributed by atoms with van der Waals surface area (Å²) in [4.78, 5) is 25.2. The molecule has 2 aromatic heterocycles. The topological polar surface area (TPSA) is 67.2 Å². The van der Waals surface area contributed by atoms with Gasteiger partial charge in [-0.2, -0.15) is 5.10 Å². The van der Waals surface area contributed by atoms with Gasteiger partial charge in [-0.1, -0.05) is 0 Å². The number of nitrogens with zero attached hydrogens (tertiary/aromatic N) is 6. The molecule has 4 rings (SSSR count). The monoisotopic (exact) mass is 368 g/mol. The number of halogens is 1.